The molecule has 112 valence electrons. The van der Waals surface area contributed by atoms with Crippen molar-refractivity contribution in [1.82, 2.24) is 10.6 Å². The molecule has 1 aliphatic heterocycles. The number of hydrogen-bond donors (Lipinski definition) is 2. The van der Waals surface area contributed by atoms with Crippen molar-refractivity contribution in [2.45, 2.75) is 38.6 Å². The summed E-state index contributed by atoms with van der Waals surface area (Å²) in [6.07, 6.45) is 0.382. The largest absolute Gasteiger partial charge is 0.340 e. The molecule has 1 atom stereocenters. The number of rotatable bonds is 3. The van der Waals surface area contributed by atoms with Crippen LogP contribution in [0.3, 0.4) is 0 Å². The van der Waals surface area contributed by atoms with Crippen LogP contribution in [0.25, 0.3) is 0 Å². The van der Waals surface area contributed by atoms with Gasteiger partial charge in [-0.15, -0.1) is 0 Å². The van der Waals surface area contributed by atoms with Crippen LogP contribution in [0.15, 0.2) is 18.2 Å². The molecule has 0 spiro atoms. The molecule has 0 aromatic heterocycles. The van der Waals surface area contributed by atoms with Crippen LogP contribution >= 0.6 is 0 Å². The predicted octanol–water partition coefficient (Wildman–Crippen LogP) is 1.48. The summed E-state index contributed by atoms with van der Waals surface area (Å²) in [5.41, 5.74) is 0.689. The minimum atomic E-state index is -0.806. The Labute approximate surface area is 121 Å². The van der Waals surface area contributed by atoms with E-state index in [0.717, 1.165) is 5.56 Å². The number of halogens is 1. The Bertz CT molecular complexity index is 599. The third-order valence-electron chi connectivity index (χ3n) is 3.45. The van der Waals surface area contributed by atoms with Gasteiger partial charge in [0.25, 0.3) is 5.91 Å². The molecule has 1 aromatic rings. The van der Waals surface area contributed by atoms with Gasteiger partial charge >= 0.3 is 0 Å². The highest BCUT2D eigenvalue weighted by atomic mass is 19.1. The lowest BCUT2D eigenvalue weighted by molar-refractivity contribution is -0.134. The number of carbonyl (C=O) groups excluding carboxylic acids is 3. The average molecular weight is 292 g/mol. The van der Waals surface area contributed by atoms with Crippen LogP contribution in [-0.4, -0.2) is 23.8 Å². The molecule has 0 bridgehead atoms. The van der Waals surface area contributed by atoms with Crippen molar-refractivity contribution in [3.63, 3.8) is 0 Å². The normalized spacial score (nSPS) is 18.6. The Hall–Kier alpha value is -2.24. The smallest absolute Gasteiger partial charge is 0.254 e. The fourth-order valence-electron chi connectivity index (χ4n) is 2.14. The number of amides is 3. The molecule has 0 saturated carbocycles. The summed E-state index contributed by atoms with van der Waals surface area (Å²) in [7, 11) is 0. The molecule has 0 radical (unpaired) electrons. The summed E-state index contributed by atoms with van der Waals surface area (Å²) in [5.74, 6) is -2.04. The average Bonchev–Trinajstić information content (AvgIpc) is 2.41. The van der Waals surface area contributed by atoms with E-state index in [-0.39, 0.29) is 30.2 Å². The zero-order valence-corrected chi connectivity index (χ0v) is 11.9. The highest BCUT2D eigenvalue weighted by Gasteiger charge is 2.28. The standard InChI is InChI=1S/C15H17FN2O3/c1-8(2)9-3-4-10(11(16)7-9)14(20)17-12-5-6-13(19)18-15(12)21/h3-4,7-8,12H,5-6H2,1-2H3,(H,17,20)(H,18,19,21). The molecular weight excluding hydrogens is 275 g/mol. The van der Waals surface area contributed by atoms with Gasteiger partial charge in [0.2, 0.25) is 11.8 Å². The van der Waals surface area contributed by atoms with E-state index in [1.165, 1.54) is 12.1 Å². The number of carbonyl (C=O) groups is 3. The highest BCUT2D eigenvalue weighted by Crippen LogP contribution is 2.18. The first kappa shape index (κ1) is 15.2. The molecule has 1 saturated heterocycles. The van der Waals surface area contributed by atoms with Crippen molar-refractivity contribution in [1.29, 1.82) is 0 Å². The summed E-state index contributed by atoms with van der Waals surface area (Å²) in [5, 5.41) is 4.59. The number of piperidine rings is 1. The van der Waals surface area contributed by atoms with Crippen molar-refractivity contribution in [2.24, 2.45) is 0 Å². The van der Waals surface area contributed by atoms with E-state index in [2.05, 4.69) is 10.6 Å². The Morgan fingerprint density at radius 2 is 2.10 bits per heavy atom. The van der Waals surface area contributed by atoms with Crippen LogP contribution in [0.2, 0.25) is 0 Å². The molecular formula is C15H17FN2O3. The van der Waals surface area contributed by atoms with Crippen LogP contribution in [-0.2, 0) is 9.59 Å². The minimum Gasteiger partial charge on any atom is -0.340 e. The maximum atomic E-state index is 14.0. The van der Waals surface area contributed by atoms with Crippen LogP contribution in [0, 0.1) is 5.82 Å². The second kappa shape index (κ2) is 6.03. The van der Waals surface area contributed by atoms with Crippen molar-refractivity contribution in [3.05, 3.63) is 35.1 Å². The van der Waals surface area contributed by atoms with Gasteiger partial charge in [-0.05, 0) is 30.0 Å². The Morgan fingerprint density at radius 3 is 2.67 bits per heavy atom. The Balaban J connectivity index is 2.10. The molecule has 1 aliphatic rings. The molecule has 2 rings (SSSR count). The maximum Gasteiger partial charge on any atom is 0.254 e. The first-order chi connectivity index (χ1) is 9.88. The third kappa shape index (κ3) is 3.45. The summed E-state index contributed by atoms with van der Waals surface area (Å²) in [4.78, 5) is 34.6. The zero-order valence-electron chi connectivity index (χ0n) is 11.9. The van der Waals surface area contributed by atoms with Gasteiger partial charge in [-0.2, -0.15) is 0 Å². The van der Waals surface area contributed by atoms with Crippen molar-refractivity contribution in [2.75, 3.05) is 0 Å². The fourth-order valence-corrected chi connectivity index (χ4v) is 2.14. The lowest BCUT2D eigenvalue weighted by Gasteiger charge is -2.22. The molecule has 0 aliphatic carbocycles. The SMILES string of the molecule is CC(C)c1ccc(C(=O)NC2CCC(=O)NC2=O)c(F)c1. The van der Waals surface area contributed by atoms with Crippen LogP contribution in [0.4, 0.5) is 4.39 Å². The van der Waals surface area contributed by atoms with E-state index >= 15 is 0 Å². The van der Waals surface area contributed by atoms with Crippen molar-refractivity contribution < 1.29 is 18.8 Å². The van der Waals surface area contributed by atoms with Gasteiger partial charge in [-0.3, -0.25) is 19.7 Å². The molecule has 2 N–H and O–H groups in total. The second-order valence-electron chi connectivity index (χ2n) is 5.37. The predicted molar refractivity (Wildman–Crippen MR) is 74.1 cm³/mol. The topological polar surface area (TPSA) is 75.3 Å². The van der Waals surface area contributed by atoms with E-state index < -0.39 is 23.7 Å². The summed E-state index contributed by atoms with van der Waals surface area (Å²) < 4.78 is 14.0. The fraction of sp³-hybridized carbons (Fsp3) is 0.400. The van der Waals surface area contributed by atoms with E-state index in [0.29, 0.717) is 0 Å². The maximum absolute atomic E-state index is 14.0. The number of hydrogen-bond acceptors (Lipinski definition) is 3. The van der Waals surface area contributed by atoms with Crippen molar-refractivity contribution in [3.8, 4) is 0 Å². The molecule has 6 heteroatoms. The van der Waals surface area contributed by atoms with Gasteiger partial charge in [-0.1, -0.05) is 19.9 Å². The Kier molecular flexibility index (Phi) is 4.35. The van der Waals surface area contributed by atoms with E-state index in [1.807, 2.05) is 13.8 Å². The number of benzene rings is 1. The molecule has 1 heterocycles. The first-order valence-corrected chi connectivity index (χ1v) is 6.82. The van der Waals surface area contributed by atoms with Gasteiger partial charge in [0, 0.05) is 6.42 Å². The van der Waals surface area contributed by atoms with Gasteiger partial charge < -0.3 is 5.32 Å². The highest BCUT2D eigenvalue weighted by molar-refractivity contribution is 6.03. The van der Waals surface area contributed by atoms with Crippen LogP contribution < -0.4 is 10.6 Å². The van der Waals surface area contributed by atoms with Gasteiger partial charge in [0.1, 0.15) is 11.9 Å². The lowest BCUT2D eigenvalue weighted by atomic mass is 10.0. The zero-order chi connectivity index (χ0) is 15.6. The van der Waals surface area contributed by atoms with Crippen molar-refractivity contribution >= 4 is 17.7 Å². The first-order valence-electron chi connectivity index (χ1n) is 6.82. The molecule has 5 nitrogen and oxygen atoms in total. The number of imide groups is 1. The van der Waals surface area contributed by atoms with E-state index in [9.17, 15) is 18.8 Å². The quantitative estimate of drug-likeness (QED) is 0.829. The minimum absolute atomic E-state index is 0.107. The third-order valence-corrected chi connectivity index (χ3v) is 3.45. The van der Waals surface area contributed by atoms with Crippen LogP contribution in [0.1, 0.15) is 48.5 Å². The lowest BCUT2D eigenvalue weighted by Crippen LogP contribution is -2.52. The van der Waals surface area contributed by atoms with Gasteiger partial charge in [-0.25, -0.2) is 4.39 Å². The second-order valence-corrected chi connectivity index (χ2v) is 5.37. The van der Waals surface area contributed by atoms with E-state index in [4.69, 9.17) is 0 Å². The van der Waals surface area contributed by atoms with Crippen LogP contribution in [0.5, 0.6) is 0 Å². The molecule has 3 amide bonds. The Morgan fingerprint density at radius 1 is 1.38 bits per heavy atom. The monoisotopic (exact) mass is 292 g/mol. The summed E-state index contributed by atoms with van der Waals surface area (Å²) in [6, 6.07) is 3.61. The molecule has 21 heavy (non-hydrogen) atoms. The summed E-state index contributed by atoms with van der Waals surface area (Å²) >= 11 is 0. The molecule has 1 unspecified atom stereocenters. The van der Waals surface area contributed by atoms with Gasteiger partial charge in [0.15, 0.2) is 0 Å². The van der Waals surface area contributed by atoms with E-state index in [1.54, 1.807) is 6.07 Å². The molecule has 1 fully saturated rings. The number of nitrogens with one attached hydrogen (secondary N) is 2. The molecule has 1 aromatic carbocycles. The van der Waals surface area contributed by atoms with Gasteiger partial charge in [0.05, 0.1) is 5.56 Å². The summed E-state index contributed by atoms with van der Waals surface area (Å²) in [6.45, 7) is 3.86.